The molecule has 1 atom stereocenters. The molecule has 3 nitrogen and oxygen atoms in total. The van der Waals surface area contributed by atoms with Gasteiger partial charge in [0.1, 0.15) is 11.9 Å². The predicted octanol–water partition coefficient (Wildman–Crippen LogP) is 2.85. The molecule has 0 aliphatic heterocycles. The standard InChI is InChI=1S/C15H11FN2O/c16-12-6-11(7-18-8-12)15(19)13-3-1-2-10-4-5-17-9-14(10)13/h1-9,15,19H. The first-order valence-electron chi connectivity index (χ1n) is 5.87. The molecule has 0 spiro atoms. The highest BCUT2D eigenvalue weighted by Gasteiger charge is 2.14. The zero-order chi connectivity index (χ0) is 13.2. The minimum Gasteiger partial charge on any atom is -0.384 e. The van der Waals surface area contributed by atoms with Gasteiger partial charge < -0.3 is 5.11 Å². The number of benzene rings is 1. The molecule has 0 amide bonds. The molecule has 0 saturated carbocycles. The number of aliphatic hydroxyl groups excluding tert-OH is 1. The summed E-state index contributed by atoms with van der Waals surface area (Å²) >= 11 is 0. The Morgan fingerprint density at radius 2 is 1.95 bits per heavy atom. The van der Waals surface area contributed by atoms with E-state index in [0.717, 1.165) is 17.0 Å². The average molecular weight is 254 g/mol. The fourth-order valence-electron chi connectivity index (χ4n) is 2.13. The number of aliphatic hydroxyl groups is 1. The fraction of sp³-hybridized carbons (Fsp3) is 0.0667. The van der Waals surface area contributed by atoms with Crippen LogP contribution in [0.5, 0.6) is 0 Å². The molecule has 0 aliphatic rings. The Morgan fingerprint density at radius 3 is 2.79 bits per heavy atom. The van der Waals surface area contributed by atoms with Crippen LogP contribution in [0.1, 0.15) is 17.2 Å². The smallest absolute Gasteiger partial charge is 0.141 e. The third-order valence-electron chi connectivity index (χ3n) is 3.05. The molecule has 0 radical (unpaired) electrons. The van der Waals surface area contributed by atoms with E-state index in [9.17, 15) is 9.50 Å². The highest BCUT2D eigenvalue weighted by Crippen LogP contribution is 2.28. The molecule has 3 aromatic rings. The number of pyridine rings is 2. The van der Waals surface area contributed by atoms with Crippen LogP contribution in [0.4, 0.5) is 4.39 Å². The van der Waals surface area contributed by atoms with Gasteiger partial charge in [-0.05, 0) is 23.1 Å². The van der Waals surface area contributed by atoms with Crippen LogP contribution in [-0.4, -0.2) is 15.1 Å². The summed E-state index contributed by atoms with van der Waals surface area (Å²) in [5, 5.41) is 12.2. The Balaban J connectivity index is 2.14. The van der Waals surface area contributed by atoms with Crippen molar-refractivity contribution in [2.24, 2.45) is 0 Å². The van der Waals surface area contributed by atoms with Gasteiger partial charge in [0.25, 0.3) is 0 Å². The van der Waals surface area contributed by atoms with Crippen molar-refractivity contribution in [1.82, 2.24) is 9.97 Å². The lowest BCUT2D eigenvalue weighted by Gasteiger charge is -2.13. The molecule has 1 unspecified atom stereocenters. The van der Waals surface area contributed by atoms with Crippen molar-refractivity contribution < 1.29 is 9.50 Å². The SMILES string of the molecule is OC(c1cncc(F)c1)c1cccc2ccncc12. The lowest BCUT2D eigenvalue weighted by molar-refractivity contribution is 0.221. The van der Waals surface area contributed by atoms with Crippen LogP contribution in [0.2, 0.25) is 0 Å². The molecular weight excluding hydrogens is 243 g/mol. The monoisotopic (exact) mass is 254 g/mol. The summed E-state index contributed by atoms with van der Waals surface area (Å²) in [7, 11) is 0. The molecule has 2 heterocycles. The van der Waals surface area contributed by atoms with Crippen LogP contribution in [0.15, 0.2) is 55.1 Å². The fourth-order valence-corrected chi connectivity index (χ4v) is 2.13. The van der Waals surface area contributed by atoms with Crippen LogP contribution in [0, 0.1) is 5.82 Å². The molecule has 0 saturated heterocycles. The molecule has 0 fully saturated rings. The van der Waals surface area contributed by atoms with Crippen LogP contribution in [-0.2, 0) is 0 Å². The Kier molecular flexibility index (Phi) is 2.93. The summed E-state index contributed by atoms with van der Waals surface area (Å²) in [6.45, 7) is 0. The van der Waals surface area contributed by atoms with Crippen molar-refractivity contribution in [3.8, 4) is 0 Å². The highest BCUT2D eigenvalue weighted by atomic mass is 19.1. The normalized spacial score (nSPS) is 12.5. The van der Waals surface area contributed by atoms with Crippen LogP contribution >= 0.6 is 0 Å². The molecule has 1 N–H and O–H groups in total. The van der Waals surface area contributed by atoms with Crippen LogP contribution in [0.3, 0.4) is 0 Å². The van der Waals surface area contributed by atoms with E-state index < -0.39 is 11.9 Å². The molecule has 3 rings (SSSR count). The molecule has 2 aromatic heterocycles. The molecular formula is C15H11FN2O. The first-order valence-corrected chi connectivity index (χ1v) is 5.87. The number of hydrogen-bond donors (Lipinski definition) is 1. The molecule has 1 aromatic carbocycles. The van der Waals surface area contributed by atoms with Gasteiger partial charge in [-0.3, -0.25) is 9.97 Å². The largest absolute Gasteiger partial charge is 0.384 e. The first-order chi connectivity index (χ1) is 9.25. The molecule has 4 heteroatoms. The van der Waals surface area contributed by atoms with E-state index in [1.54, 1.807) is 18.5 Å². The second-order valence-electron chi connectivity index (χ2n) is 4.28. The van der Waals surface area contributed by atoms with Gasteiger partial charge in [0, 0.05) is 29.5 Å². The maximum atomic E-state index is 13.2. The van der Waals surface area contributed by atoms with Gasteiger partial charge >= 0.3 is 0 Å². The van der Waals surface area contributed by atoms with Crippen LogP contribution in [0.25, 0.3) is 10.8 Å². The van der Waals surface area contributed by atoms with Crippen molar-refractivity contribution in [3.05, 3.63) is 72.1 Å². The predicted molar refractivity (Wildman–Crippen MR) is 70.0 cm³/mol. The molecule has 0 bridgehead atoms. The summed E-state index contributed by atoms with van der Waals surface area (Å²) in [5.41, 5.74) is 1.12. The van der Waals surface area contributed by atoms with Gasteiger partial charge in [-0.25, -0.2) is 4.39 Å². The third-order valence-corrected chi connectivity index (χ3v) is 3.05. The van der Waals surface area contributed by atoms with E-state index in [1.807, 2.05) is 18.2 Å². The van der Waals surface area contributed by atoms with E-state index in [0.29, 0.717) is 11.1 Å². The number of halogens is 1. The van der Waals surface area contributed by atoms with Gasteiger partial charge in [-0.15, -0.1) is 0 Å². The number of rotatable bonds is 2. The summed E-state index contributed by atoms with van der Waals surface area (Å²) < 4.78 is 13.2. The Hall–Kier alpha value is -2.33. The number of nitrogens with zero attached hydrogens (tertiary/aromatic N) is 2. The highest BCUT2D eigenvalue weighted by molar-refractivity contribution is 5.85. The topological polar surface area (TPSA) is 46.0 Å². The van der Waals surface area contributed by atoms with Crippen molar-refractivity contribution in [3.63, 3.8) is 0 Å². The zero-order valence-corrected chi connectivity index (χ0v) is 9.99. The Bertz CT molecular complexity index is 725. The van der Waals surface area contributed by atoms with Gasteiger partial charge in [-0.1, -0.05) is 18.2 Å². The lowest BCUT2D eigenvalue weighted by atomic mass is 9.98. The number of fused-ring (bicyclic) bond motifs is 1. The van der Waals surface area contributed by atoms with E-state index in [-0.39, 0.29) is 0 Å². The molecule has 19 heavy (non-hydrogen) atoms. The maximum absolute atomic E-state index is 13.2. The van der Waals surface area contributed by atoms with Gasteiger partial charge in [0.15, 0.2) is 0 Å². The van der Waals surface area contributed by atoms with E-state index in [2.05, 4.69) is 9.97 Å². The molecule has 94 valence electrons. The maximum Gasteiger partial charge on any atom is 0.141 e. The summed E-state index contributed by atoms with van der Waals surface area (Å²) in [4.78, 5) is 7.83. The van der Waals surface area contributed by atoms with Gasteiger partial charge in [0.05, 0.1) is 6.20 Å². The first kappa shape index (κ1) is 11.7. The van der Waals surface area contributed by atoms with E-state index in [4.69, 9.17) is 0 Å². The summed E-state index contributed by atoms with van der Waals surface area (Å²) in [6, 6.07) is 8.76. The van der Waals surface area contributed by atoms with E-state index in [1.165, 1.54) is 12.3 Å². The average Bonchev–Trinajstić information content (AvgIpc) is 2.46. The van der Waals surface area contributed by atoms with Crippen molar-refractivity contribution >= 4 is 10.8 Å². The van der Waals surface area contributed by atoms with Crippen LogP contribution < -0.4 is 0 Å². The Labute approximate surface area is 109 Å². The number of aromatic nitrogens is 2. The van der Waals surface area contributed by atoms with Crippen molar-refractivity contribution in [2.45, 2.75) is 6.10 Å². The minimum absolute atomic E-state index is 0.427. The number of hydrogen-bond acceptors (Lipinski definition) is 3. The third kappa shape index (κ3) is 2.18. The zero-order valence-electron chi connectivity index (χ0n) is 9.99. The summed E-state index contributed by atoms with van der Waals surface area (Å²) in [5.74, 6) is -0.463. The van der Waals surface area contributed by atoms with E-state index >= 15 is 0 Å². The second kappa shape index (κ2) is 4.74. The Morgan fingerprint density at radius 1 is 1.05 bits per heavy atom. The molecule has 0 aliphatic carbocycles. The van der Waals surface area contributed by atoms with Crippen molar-refractivity contribution in [1.29, 1.82) is 0 Å². The quantitative estimate of drug-likeness (QED) is 0.764. The minimum atomic E-state index is -0.920. The second-order valence-corrected chi connectivity index (χ2v) is 4.28. The van der Waals surface area contributed by atoms with Gasteiger partial charge in [-0.2, -0.15) is 0 Å². The van der Waals surface area contributed by atoms with Crippen molar-refractivity contribution in [2.75, 3.05) is 0 Å². The summed E-state index contributed by atoms with van der Waals surface area (Å²) in [6.07, 6.45) is 5.04. The van der Waals surface area contributed by atoms with Gasteiger partial charge in [0.2, 0.25) is 0 Å². The lowest BCUT2D eigenvalue weighted by Crippen LogP contribution is -2.02.